The molecule has 8 nitrogen and oxygen atoms in total. The summed E-state index contributed by atoms with van der Waals surface area (Å²) in [5.74, 6) is 0. The van der Waals surface area contributed by atoms with E-state index in [1.807, 2.05) is 6.07 Å². The van der Waals surface area contributed by atoms with E-state index in [0.717, 1.165) is 4.31 Å². The van der Waals surface area contributed by atoms with Gasteiger partial charge in [0.25, 0.3) is 0 Å². The van der Waals surface area contributed by atoms with E-state index in [4.69, 9.17) is 5.26 Å². The minimum Gasteiger partial charge on any atom is -0.380 e. The molecule has 1 aromatic rings. The summed E-state index contributed by atoms with van der Waals surface area (Å²) in [6.07, 6.45) is 0.0103. The highest BCUT2D eigenvalue weighted by atomic mass is 32.2. The summed E-state index contributed by atoms with van der Waals surface area (Å²) in [5, 5.41) is 22.5. The first-order valence-electron chi connectivity index (χ1n) is 6.20. The number of nitrogens with zero attached hydrogens (tertiary/aromatic N) is 3. The van der Waals surface area contributed by atoms with Crippen molar-refractivity contribution in [2.75, 3.05) is 25.5 Å². The third-order valence-corrected chi connectivity index (χ3v) is 4.66. The maximum Gasteiger partial charge on any atom is 0.312 e. The number of anilines is 1. The molecule has 1 aromatic carbocycles. The van der Waals surface area contributed by atoms with Gasteiger partial charge in [0.1, 0.15) is 5.69 Å². The summed E-state index contributed by atoms with van der Waals surface area (Å²) in [6.45, 7) is 2.15. The summed E-state index contributed by atoms with van der Waals surface area (Å²) in [7, 11) is -2.74. The molecular weight excluding hydrogens is 296 g/mol. The molecule has 0 radical (unpaired) electrons. The third kappa shape index (κ3) is 3.68. The van der Waals surface area contributed by atoms with Crippen molar-refractivity contribution in [2.45, 2.75) is 18.2 Å². The molecule has 0 aliphatic carbocycles. The fourth-order valence-electron chi connectivity index (χ4n) is 1.75. The molecule has 114 valence electrons. The summed E-state index contributed by atoms with van der Waals surface area (Å²) < 4.78 is 25.7. The number of nitro groups is 1. The van der Waals surface area contributed by atoms with Gasteiger partial charge >= 0.3 is 5.69 Å². The number of hydrogen-bond donors (Lipinski definition) is 1. The van der Waals surface area contributed by atoms with Gasteiger partial charge in [-0.05, 0) is 19.1 Å². The first-order chi connectivity index (χ1) is 9.86. The minimum absolute atomic E-state index is 0.0103. The van der Waals surface area contributed by atoms with Crippen molar-refractivity contribution in [1.82, 2.24) is 4.31 Å². The largest absolute Gasteiger partial charge is 0.380 e. The summed E-state index contributed by atoms with van der Waals surface area (Å²) in [4.78, 5) is 10.1. The highest BCUT2D eigenvalue weighted by Crippen LogP contribution is 2.33. The molecule has 0 unspecified atom stereocenters. The minimum atomic E-state index is -4.03. The molecule has 21 heavy (non-hydrogen) atoms. The second-order valence-corrected chi connectivity index (χ2v) is 6.19. The van der Waals surface area contributed by atoms with E-state index >= 15 is 0 Å². The van der Waals surface area contributed by atoms with Gasteiger partial charge in [-0.2, -0.15) is 9.57 Å². The van der Waals surface area contributed by atoms with Crippen LogP contribution in [0.15, 0.2) is 23.1 Å². The molecule has 0 fully saturated rings. The number of sulfonamides is 1. The normalized spacial score (nSPS) is 11.1. The number of hydrogen-bond acceptors (Lipinski definition) is 6. The van der Waals surface area contributed by atoms with Crippen LogP contribution in [-0.2, 0) is 10.0 Å². The Hall–Kier alpha value is -2.18. The van der Waals surface area contributed by atoms with E-state index < -0.39 is 20.6 Å². The molecule has 1 N–H and O–H groups in total. The molecule has 0 heterocycles. The van der Waals surface area contributed by atoms with Crippen LogP contribution in [0, 0.1) is 21.4 Å². The molecule has 0 atom stereocenters. The average molecular weight is 312 g/mol. The third-order valence-electron chi connectivity index (χ3n) is 2.78. The molecule has 0 spiro atoms. The Bertz CT molecular complexity index is 666. The topological polar surface area (TPSA) is 116 Å². The fraction of sp³-hybridized carbons (Fsp3) is 0.417. The molecule has 0 aliphatic rings. The van der Waals surface area contributed by atoms with Gasteiger partial charge in [0.2, 0.25) is 10.0 Å². The SMILES string of the molecule is CCNc1cccc(S(=O)(=O)N(C)CCC#N)c1[N+](=O)[O-]. The Balaban J connectivity index is 3.39. The summed E-state index contributed by atoms with van der Waals surface area (Å²) in [5.41, 5.74) is -0.333. The van der Waals surface area contributed by atoms with Crippen molar-refractivity contribution in [3.05, 3.63) is 28.3 Å². The number of nitrogens with one attached hydrogen (secondary N) is 1. The van der Waals surface area contributed by atoms with Gasteiger partial charge in [0.05, 0.1) is 11.0 Å². The lowest BCUT2D eigenvalue weighted by atomic mass is 10.2. The molecular formula is C12H16N4O4S. The highest BCUT2D eigenvalue weighted by molar-refractivity contribution is 7.89. The molecule has 0 bridgehead atoms. The summed E-state index contributed by atoms with van der Waals surface area (Å²) >= 11 is 0. The van der Waals surface area contributed by atoms with Crippen molar-refractivity contribution >= 4 is 21.4 Å². The van der Waals surface area contributed by atoms with Crippen molar-refractivity contribution in [2.24, 2.45) is 0 Å². The van der Waals surface area contributed by atoms with Gasteiger partial charge in [-0.3, -0.25) is 10.1 Å². The first-order valence-corrected chi connectivity index (χ1v) is 7.64. The van der Waals surface area contributed by atoms with Gasteiger partial charge in [-0.25, -0.2) is 8.42 Å². The van der Waals surface area contributed by atoms with E-state index in [1.165, 1.54) is 25.2 Å². The van der Waals surface area contributed by atoms with E-state index in [2.05, 4.69) is 5.32 Å². The zero-order valence-corrected chi connectivity index (χ0v) is 12.6. The second-order valence-electron chi connectivity index (χ2n) is 4.17. The number of para-hydroxylation sites is 1. The first kappa shape index (κ1) is 16.9. The lowest BCUT2D eigenvalue weighted by molar-refractivity contribution is -0.386. The van der Waals surface area contributed by atoms with E-state index in [9.17, 15) is 18.5 Å². The smallest absolute Gasteiger partial charge is 0.312 e. The number of nitro benzene ring substituents is 1. The van der Waals surface area contributed by atoms with Gasteiger partial charge in [0, 0.05) is 26.6 Å². The molecule has 0 amide bonds. The maximum atomic E-state index is 12.4. The molecule has 0 aromatic heterocycles. The maximum absolute atomic E-state index is 12.4. The highest BCUT2D eigenvalue weighted by Gasteiger charge is 2.31. The van der Waals surface area contributed by atoms with Gasteiger partial charge < -0.3 is 5.32 Å². The number of benzene rings is 1. The Morgan fingerprint density at radius 2 is 2.14 bits per heavy atom. The molecule has 0 aliphatic heterocycles. The van der Waals surface area contributed by atoms with Crippen LogP contribution >= 0.6 is 0 Å². The molecule has 0 saturated carbocycles. The lowest BCUT2D eigenvalue weighted by Crippen LogP contribution is -2.28. The lowest BCUT2D eigenvalue weighted by Gasteiger charge is -2.16. The van der Waals surface area contributed by atoms with Gasteiger partial charge in [0.15, 0.2) is 4.90 Å². The van der Waals surface area contributed by atoms with E-state index in [0.29, 0.717) is 6.54 Å². The van der Waals surface area contributed by atoms with Crippen LogP contribution < -0.4 is 5.32 Å². The average Bonchev–Trinajstić information content (AvgIpc) is 2.44. The molecule has 0 saturated heterocycles. The Morgan fingerprint density at radius 1 is 1.48 bits per heavy atom. The van der Waals surface area contributed by atoms with Crippen molar-refractivity contribution < 1.29 is 13.3 Å². The fourth-order valence-corrected chi connectivity index (χ4v) is 3.09. The van der Waals surface area contributed by atoms with E-state index in [-0.39, 0.29) is 23.5 Å². The van der Waals surface area contributed by atoms with Gasteiger partial charge in [-0.1, -0.05) is 6.07 Å². The second kappa shape index (κ2) is 7.01. The van der Waals surface area contributed by atoms with Crippen LogP contribution in [0.2, 0.25) is 0 Å². The standard InChI is InChI=1S/C12H16N4O4S/c1-3-14-10-6-4-7-11(12(10)16(17)18)21(19,20)15(2)9-5-8-13/h4,6-7,14H,3,5,9H2,1-2H3. The van der Waals surface area contributed by atoms with Crippen molar-refractivity contribution in [1.29, 1.82) is 5.26 Å². The Morgan fingerprint density at radius 3 is 2.67 bits per heavy atom. The van der Waals surface area contributed by atoms with Crippen LogP contribution in [0.1, 0.15) is 13.3 Å². The zero-order chi connectivity index (χ0) is 16.0. The Labute approximate surface area is 123 Å². The van der Waals surface area contributed by atoms with E-state index in [1.54, 1.807) is 6.92 Å². The van der Waals surface area contributed by atoms with Crippen LogP contribution in [0.5, 0.6) is 0 Å². The predicted octanol–water partition coefficient (Wildman–Crippen LogP) is 1.56. The quantitative estimate of drug-likeness (QED) is 0.603. The van der Waals surface area contributed by atoms with Gasteiger partial charge in [-0.15, -0.1) is 0 Å². The number of nitriles is 1. The van der Waals surface area contributed by atoms with Crippen molar-refractivity contribution in [3.8, 4) is 6.07 Å². The zero-order valence-electron chi connectivity index (χ0n) is 11.7. The predicted molar refractivity (Wildman–Crippen MR) is 77.3 cm³/mol. The number of rotatable bonds is 7. The van der Waals surface area contributed by atoms with Crippen molar-refractivity contribution in [3.63, 3.8) is 0 Å². The molecule has 1 rings (SSSR count). The molecule has 9 heteroatoms. The Kier molecular flexibility index (Phi) is 5.63. The van der Waals surface area contributed by atoms with Crippen LogP contribution in [0.4, 0.5) is 11.4 Å². The monoisotopic (exact) mass is 312 g/mol. The van der Waals surface area contributed by atoms with Crippen LogP contribution in [0.3, 0.4) is 0 Å². The van der Waals surface area contributed by atoms with Crippen LogP contribution in [-0.4, -0.2) is 37.8 Å². The van der Waals surface area contributed by atoms with Crippen LogP contribution in [0.25, 0.3) is 0 Å². The summed E-state index contributed by atoms with van der Waals surface area (Å²) in [6, 6.07) is 5.93.